The molecule has 2 aliphatic carbocycles. The molecule has 0 bridgehead atoms. The van der Waals surface area contributed by atoms with Gasteiger partial charge >= 0.3 is 0 Å². The summed E-state index contributed by atoms with van der Waals surface area (Å²) in [4.78, 5) is 0. The molecule has 76 valence electrons. The average molecular weight is 181 g/mol. The van der Waals surface area contributed by atoms with Crippen LogP contribution in [0.25, 0.3) is 0 Å². The molecule has 2 aliphatic rings. The molecule has 13 heavy (non-hydrogen) atoms. The van der Waals surface area contributed by atoms with Gasteiger partial charge in [-0.1, -0.05) is 0 Å². The van der Waals surface area contributed by atoms with Crippen molar-refractivity contribution in [2.24, 2.45) is 11.3 Å². The van der Waals surface area contributed by atoms with E-state index in [4.69, 9.17) is 0 Å². The van der Waals surface area contributed by atoms with Gasteiger partial charge in [0.2, 0.25) is 0 Å². The van der Waals surface area contributed by atoms with Crippen LogP contribution >= 0.6 is 0 Å². The Bertz CT molecular complexity index is 162. The monoisotopic (exact) mass is 181 g/mol. The van der Waals surface area contributed by atoms with Gasteiger partial charge in [0.1, 0.15) is 0 Å². The summed E-state index contributed by atoms with van der Waals surface area (Å²) < 4.78 is 0. The van der Waals surface area contributed by atoms with Gasteiger partial charge < -0.3 is 5.32 Å². The van der Waals surface area contributed by atoms with Gasteiger partial charge in [0, 0.05) is 6.04 Å². The molecule has 1 atom stereocenters. The number of nitrogens with one attached hydrogen (secondary N) is 1. The van der Waals surface area contributed by atoms with Crippen molar-refractivity contribution < 1.29 is 0 Å². The predicted octanol–water partition coefficient (Wildman–Crippen LogP) is 2.95. The van der Waals surface area contributed by atoms with Crippen LogP contribution in [0.4, 0.5) is 0 Å². The van der Waals surface area contributed by atoms with Crippen molar-refractivity contribution in [3.05, 3.63) is 0 Å². The summed E-state index contributed by atoms with van der Waals surface area (Å²) in [6.07, 6.45) is 10.6. The molecule has 0 amide bonds. The Labute approximate surface area is 82.3 Å². The van der Waals surface area contributed by atoms with Crippen molar-refractivity contribution >= 4 is 0 Å². The fraction of sp³-hybridized carbons (Fsp3) is 1.00. The fourth-order valence-corrected chi connectivity index (χ4v) is 2.82. The van der Waals surface area contributed by atoms with E-state index in [0.29, 0.717) is 0 Å². The molecule has 1 N–H and O–H groups in total. The molecule has 0 aromatic carbocycles. The maximum absolute atomic E-state index is 3.35. The van der Waals surface area contributed by atoms with E-state index in [0.717, 1.165) is 17.4 Å². The van der Waals surface area contributed by atoms with E-state index in [1.165, 1.54) is 32.1 Å². The van der Waals surface area contributed by atoms with Gasteiger partial charge in [-0.05, 0) is 70.3 Å². The van der Waals surface area contributed by atoms with Crippen LogP contribution in [0, 0.1) is 11.3 Å². The van der Waals surface area contributed by atoms with Crippen molar-refractivity contribution in [3.8, 4) is 0 Å². The number of rotatable bonds is 3. The maximum atomic E-state index is 3.35. The van der Waals surface area contributed by atoms with E-state index in [2.05, 4.69) is 19.3 Å². The molecule has 2 fully saturated rings. The zero-order chi connectivity index (χ0) is 9.31. The van der Waals surface area contributed by atoms with Crippen molar-refractivity contribution in [1.29, 1.82) is 0 Å². The van der Waals surface area contributed by atoms with Crippen molar-refractivity contribution in [2.75, 3.05) is 7.05 Å². The Morgan fingerprint density at radius 2 is 1.85 bits per heavy atom. The van der Waals surface area contributed by atoms with Crippen LogP contribution in [0.2, 0.25) is 0 Å². The van der Waals surface area contributed by atoms with Crippen molar-refractivity contribution in [1.82, 2.24) is 5.32 Å². The second-order valence-corrected chi connectivity index (χ2v) is 5.37. The van der Waals surface area contributed by atoms with Crippen molar-refractivity contribution in [3.63, 3.8) is 0 Å². The number of hydrogen-bond acceptors (Lipinski definition) is 1. The third kappa shape index (κ3) is 2.25. The Hall–Kier alpha value is -0.0400. The lowest BCUT2D eigenvalue weighted by Crippen LogP contribution is -2.26. The molecule has 1 nitrogen and oxygen atoms in total. The molecule has 0 aromatic heterocycles. The summed E-state index contributed by atoms with van der Waals surface area (Å²) in [6, 6.07) is 0.721. The topological polar surface area (TPSA) is 12.0 Å². The van der Waals surface area contributed by atoms with Gasteiger partial charge in [-0.25, -0.2) is 0 Å². The highest BCUT2D eigenvalue weighted by Gasteiger charge is 2.44. The molecule has 0 heterocycles. The number of hydrogen-bond donors (Lipinski definition) is 1. The first-order valence-electron chi connectivity index (χ1n) is 5.91. The Morgan fingerprint density at radius 3 is 2.31 bits per heavy atom. The van der Waals surface area contributed by atoms with E-state index in [1.807, 2.05) is 0 Å². The van der Waals surface area contributed by atoms with Crippen LogP contribution in [0.1, 0.15) is 51.9 Å². The highest BCUT2D eigenvalue weighted by molar-refractivity contribution is 4.96. The van der Waals surface area contributed by atoms with E-state index in [-0.39, 0.29) is 0 Å². The largest absolute Gasteiger partial charge is 0.317 e. The van der Waals surface area contributed by atoms with Gasteiger partial charge in [-0.15, -0.1) is 0 Å². The minimum absolute atomic E-state index is 0.721. The first kappa shape index (κ1) is 9.51. The molecule has 0 aliphatic heterocycles. The molecular formula is C12H23N. The van der Waals surface area contributed by atoms with Crippen LogP contribution in [-0.4, -0.2) is 13.1 Å². The van der Waals surface area contributed by atoms with E-state index in [9.17, 15) is 0 Å². The normalized spacial score (nSPS) is 29.1. The van der Waals surface area contributed by atoms with Gasteiger partial charge in [0.25, 0.3) is 0 Å². The van der Waals surface area contributed by atoms with Crippen LogP contribution < -0.4 is 5.32 Å². The quantitative estimate of drug-likeness (QED) is 0.706. The molecule has 0 saturated heterocycles. The first-order chi connectivity index (χ1) is 6.24. The Balaban J connectivity index is 1.71. The summed E-state index contributed by atoms with van der Waals surface area (Å²) in [6.45, 7) is 2.31. The summed E-state index contributed by atoms with van der Waals surface area (Å²) >= 11 is 0. The minimum atomic E-state index is 0.721. The summed E-state index contributed by atoms with van der Waals surface area (Å²) in [5.74, 6) is 1.02. The zero-order valence-electron chi connectivity index (χ0n) is 9.10. The summed E-state index contributed by atoms with van der Waals surface area (Å²) in [5.41, 5.74) is 0.874. The lowest BCUT2D eigenvalue weighted by Gasteiger charge is -2.30. The lowest BCUT2D eigenvalue weighted by molar-refractivity contribution is 0.234. The standard InChI is InChI=1S/C12H23N/c1-10(13-2)9-11-3-5-12(6-4-11)7-8-12/h10-11,13H,3-9H2,1-2H3. The predicted molar refractivity (Wildman–Crippen MR) is 56.8 cm³/mol. The molecule has 2 rings (SSSR count). The van der Waals surface area contributed by atoms with E-state index < -0.39 is 0 Å². The highest BCUT2D eigenvalue weighted by Crippen LogP contribution is 2.57. The molecular weight excluding hydrogens is 158 g/mol. The third-order valence-electron chi connectivity index (χ3n) is 4.30. The second kappa shape index (κ2) is 3.61. The van der Waals surface area contributed by atoms with Crippen LogP contribution in [0.3, 0.4) is 0 Å². The third-order valence-corrected chi connectivity index (χ3v) is 4.30. The van der Waals surface area contributed by atoms with Gasteiger partial charge in [-0.2, -0.15) is 0 Å². The molecule has 1 spiro atoms. The maximum Gasteiger partial charge on any atom is 0.00383 e. The van der Waals surface area contributed by atoms with Gasteiger partial charge in [0.05, 0.1) is 0 Å². The van der Waals surface area contributed by atoms with Gasteiger partial charge in [0.15, 0.2) is 0 Å². The lowest BCUT2D eigenvalue weighted by atomic mass is 9.77. The molecule has 0 aromatic rings. The minimum Gasteiger partial charge on any atom is -0.317 e. The second-order valence-electron chi connectivity index (χ2n) is 5.37. The van der Waals surface area contributed by atoms with Crippen molar-refractivity contribution in [2.45, 2.75) is 57.9 Å². The molecule has 2 saturated carbocycles. The SMILES string of the molecule is CNC(C)CC1CCC2(CC1)CC2. The molecule has 0 radical (unpaired) electrons. The van der Waals surface area contributed by atoms with Crippen LogP contribution in [0.15, 0.2) is 0 Å². The van der Waals surface area contributed by atoms with Crippen LogP contribution in [-0.2, 0) is 0 Å². The smallest absolute Gasteiger partial charge is 0.00383 e. The van der Waals surface area contributed by atoms with E-state index >= 15 is 0 Å². The summed E-state index contributed by atoms with van der Waals surface area (Å²) in [5, 5.41) is 3.35. The zero-order valence-corrected chi connectivity index (χ0v) is 9.10. The highest BCUT2D eigenvalue weighted by atomic mass is 14.8. The average Bonchev–Trinajstić information content (AvgIpc) is 2.90. The Kier molecular flexibility index (Phi) is 2.64. The van der Waals surface area contributed by atoms with E-state index in [1.54, 1.807) is 12.8 Å². The Morgan fingerprint density at radius 1 is 1.23 bits per heavy atom. The van der Waals surface area contributed by atoms with Gasteiger partial charge in [-0.3, -0.25) is 0 Å². The molecule has 1 unspecified atom stereocenters. The first-order valence-corrected chi connectivity index (χ1v) is 5.91. The molecule has 1 heteroatoms. The van der Waals surface area contributed by atoms with Crippen LogP contribution in [0.5, 0.6) is 0 Å². The summed E-state index contributed by atoms with van der Waals surface area (Å²) in [7, 11) is 2.08. The fourth-order valence-electron chi connectivity index (χ4n) is 2.82.